The second-order valence-electron chi connectivity index (χ2n) is 5.77. The van der Waals surface area contributed by atoms with E-state index < -0.39 is 17.7 Å². The molecule has 1 unspecified atom stereocenters. The first kappa shape index (κ1) is 12.3. The number of allylic oxidation sites excluding steroid dienone is 1. The van der Waals surface area contributed by atoms with E-state index in [0.717, 1.165) is 11.3 Å². The van der Waals surface area contributed by atoms with Crippen LogP contribution in [0.25, 0.3) is 0 Å². The summed E-state index contributed by atoms with van der Waals surface area (Å²) in [4.78, 5) is 33.9. The van der Waals surface area contributed by atoms with Crippen molar-refractivity contribution in [2.45, 2.75) is 24.5 Å². The first-order valence-corrected chi connectivity index (χ1v) is 6.83. The quantitative estimate of drug-likeness (QED) is 0.867. The molecule has 4 heterocycles. The van der Waals surface area contributed by atoms with E-state index in [2.05, 4.69) is 21.9 Å². The fourth-order valence-electron chi connectivity index (χ4n) is 3.36. The number of piperidine rings is 2. The predicted octanol–water partition coefficient (Wildman–Crippen LogP) is 0.762. The number of rotatable bonds is 2. The van der Waals surface area contributed by atoms with E-state index in [4.69, 9.17) is 4.74 Å². The lowest BCUT2D eigenvalue weighted by Gasteiger charge is -2.54. The summed E-state index contributed by atoms with van der Waals surface area (Å²) < 4.78 is 5.38. The molecule has 2 bridgehead atoms. The zero-order valence-electron chi connectivity index (χ0n) is 11.3. The van der Waals surface area contributed by atoms with Crippen molar-refractivity contribution in [1.82, 2.24) is 20.2 Å². The third kappa shape index (κ3) is 1.60. The molecule has 1 aromatic rings. The first-order chi connectivity index (χ1) is 10.1. The number of hydrogen-bond acceptors (Lipinski definition) is 5. The van der Waals surface area contributed by atoms with Crippen molar-refractivity contribution in [2.24, 2.45) is 5.92 Å². The monoisotopic (exact) mass is 286 g/mol. The number of hydrogen-bond donors (Lipinski definition) is 1. The molecular formula is C14H14N4O3. The highest BCUT2D eigenvalue weighted by atomic mass is 16.6. The zero-order valence-corrected chi connectivity index (χ0v) is 11.3. The maximum absolute atomic E-state index is 12.3. The van der Waals surface area contributed by atoms with Gasteiger partial charge in [-0.1, -0.05) is 6.58 Å². The Hall–Kier alpha value is -2.44. The molecule has 5 rings (SSSR count). The Morgan fingerprint density at radius 3 is 2.71 bits per heavy atom. The number of nitrogens with zero attached hydrogens (tertiary/aromatic N) is 3. The van der Waals surface area contributed by atoms with E-state index in [-0.39, 0.29) is 11.8 Å². The third-order valence-electron chi connectivity index (χ3n) is 4.64. The number of carbonyl (C=O) groups excluding carboxylic acids is 2. The van der Waals surface area contributed by atoms with Crippen molar-refractivity contribution in [3.05, 3.63) is 36.6 Å². The number of cyclic esters (lactones) is 1. The molecule has 0 spiro atoms. The van der Waals surface area contributed by atoms with Crippen LogP contribution in [0.2, 0.25) is 0 Å². The second kappa shape index (κ2) is 4.03. The van der Waals surface area contributed by atoms with Crippen molar-refractivity contribution >= 4 is 12.0 Å². The van der Waals surface area contributed by atoms with Crippen LogP contribution in [0, 0.1) is 5.92 Å². The molecule has 4 aliphatic rings. The van der Waals surface area contributed by atoms with E-state index in [1.54, 1.807) is 17.3 Å². The Bertz CT molecular complexity index is 639. The molecular weight excluding hydrogens is 272 g/mol. The number of nitrogens with one attached hydrogen (secondary N) is 1. The number of fused-ring (bicyclic) bond motifs is 2. The van der Waals surface area contributed by atoms with Gasteiger partial charge in [0.05, 0.1) is 6.54 Å². The smallest absolute Gasteiger partial charge is 0.411 e. The lowest BCUT2D eigenvalue weighted by molar-refractivity contribution is -0.143. The van der Waals surface area contributed by atoms with E-state index >= 15 is 0 Å². The largest absolute Gasteiger partial charge is 0.439 e. The molecule has 7 heteroatoms. The van der Waals surface area contributed by atoms with E-state index in [1.807, 2.05) is 0 Å². The standard InChI is InChI=1S/C14H14N4O3/c1-8-9-2-14(3-9,12(19)17-8)18-6-11(21-13(18)20)10-4-15-7-16-5-10/h4-5,7,9,11H,1-3,6H2,(H,17,19). The Balaban J connectivity index is 1.59. The molecule has 3 aliphatic heterocycles. The molecule has 0 radical (unpaired) electrons. The highest BCUT2D eigenvalue weighted by molar-refractivity contribution is 5.94. The highest BCUT2D eigenvalue weighted by Crippen LogP contribution is 2.51. The van der Waals surface area contributed by atoms with Gasteiger partial charge in [-0.2, -0.15) is 0 Å². The average Bonchev–Trinajstić information content (AvgIpc) is 2.81. The Morgan fingerprint density at radius 2 is 2.05 bits per heavy atom. The van der Waals surface area contributed by atoms with Gasteiger partial charge in [0.1, 0.15) is 18.0 Å². The van der Waals surface area contributed by atoms with Gasteiger partial charge in [-0.25, -0.2) is 14.8 Å². The average molecular weight is 286 g/mol. The topological polar surface area (TPSA) is 84.4 Å². The fraction of sp³-hybridized carbons (Fsp3) is 0.429. The molecule has 1 saturated carbocycles. The van der Waals surface area contributed by atoms with Crippen LogP contribution >= 0.6 is 0 Å². The van der Waals surface area contributed by atoms with Crippen molar-refractivity contribution in [3.63, 3.8) is 0 Å². The molecule has 1 aromatic heterocycles. The van der Waals surface area contributed by atoms with Crippen LogP contribution in [0.5, 0.6) is 0 Å². The van der Waals surface area contributed by atoms with Crippen molar-refractivity contribution in [2.75, 3.05) is 6.54 Å². The van der Waals surface area contributed by atoms with Crippen molar-refractivity contribution in [1.29, 1.82) is 0 Å². The molecule has 2 amide bonds. The van der Waals surface area contributed by atoms with E-state index in [0.29, 0.717) is 19.4 Å². The summed E-state index contributed by atoms with van der Waals surface area (Å²) in [5.74, 6) is 0.103. The van der Waals surface area contributed by atoms with Gasteiger partial charge >= 0.3 is 6.09 Å². The van der Waals surface area contributed by atoms with Crippen LogP contribution in [0.15, 0.2) is 31.0 Å². The summed E-state index contributed by atoms with van der Waals surface area (Å²) in [6.45, 7) is 4.19. The molecule has 7 nitrogen and oxygen atoms in total. The SMILES string of the molecule is C=C1NC(=O)C2(N3CC(c4cncnc4)OC3=O)CC1C2. The summed E-state index contributed by atoms with van der Waals surface area (Å²) in [5.41, 5.74) is 0.719. The number of aromatic nitrogens is 2. The second-order valence-corrected chi connectivity index (χ2v) is 5.77. The summed E-state index contributed by atoms with van der Waals surface area (Å²) in [6, 6.07) is 0. The van der Waals surface area contributed by atoms with Crippen LogP contribution in [0.1, 0.15) is 24.5 Å². The minimum absolute atomic E-state index is 0.156. The van der Waals surface area contributed by atoms with Crippen LogP contribution in [0.4, 0.5) is 4.79 Å². The van der Waals surface area contributed by atoms with Gasteiger partial charge in [-0.05, 0) is 12.8 Å². The lowest BCUT2D eigenvalue weighted by Crippen LogP contribution is -2.70. The van der Waals surface area contributed by atoms with Crippen LogP contribution in [-0.2, 0) is 9.53 Å². The van der Waals surface area contributed by atoms with Gasteiger partial charge in [0.25, 0.3) is 0 Å². The molecule has 1 atom stereocenters. The Morgan fingerprint density at radius 1 is 1.33 bits per heavy atom. The molecule has 0 aromatic carbocycles. The highest BCUT2D eigenvalue weighted by Gasteiger charge is 2.62. The minimum Gasteiger partial charge on any atom is -0.439 e. The van der Waals surface area contributed by atoms with Gasteiger partial charge in [0.2, 0.25) is 5.91 Å². The molecule has 1 N–H and O–H groups in total. The third-order valence-corrected chi connectivity index (χ3v) is 4.64. The maximum Gasteiger partial charge on any atom is 0.411 e. The van der Waals surface area contributed by atoms with Gasteiger partial charge in [-0.3, -0.25) is 9.69 Å². The van der Waals surface area contributed by atoms with Crippen LogP contribution in [-0.4, -0.2) is 39.0 Å². The number of carbonyl (C=O) groups is 2. The van der Waals surface area contributed by atoms with Gasteiger partial charge in [0.15, 0.2) is 0 Å². The number of amides is 2. The van der Waals surface area contributed by atoms with Gasteiger partial charge in [0, 0.05) is 29.6 Å². The normalized spacial score (nSPS) is 34.3. The summed E-state index contributed by atoms with van der Waals surface area (Å²) in [5, 5.41) is 2.76. The van der Waals surface area contributed by atoms with Crippen LogP contribution in [0.3, 0.4) is 0 Å². The zero-order chi connectivity index (χ0) is 14.6. The molecule has 4 fully saturated rings. The van der Waals surface area contributed by atoms with Gasteiger partial charge in [-0.15, -0.1) is 0 Å². The Labute approximate surface area is 121 Å². The first-order valence-electron chi connectivity index (χ1n) is 6.83. The van der Waals surface area contributed by atoms with E-state index in [9.17, 15) is 9.59 Å². The van der Waals surface area contributed by atoms with Gasteiger partial charge < -0.3 is 10.1 Å². The van der Waals surface area contributed by atoms with E-state index in [1.165, 1.54) is 6.33 Å². The predicted molar refractivity (Wildman–Crippen MR) is 70.7 cm³/mol. The fourth-order valence-corrected chi connectivity index (χ4v) is 3.36. The van der Waals surface area contributed by atoms with Crippen molar-refractivity contribution < 1.29 is 14.3 Å². The lowest BCUT2D eigenvalue weighted by atomic mass is 9.62. The molecule has 108 valence electrons. The molecule has 1 aliphatic carbocycles. The summed E-state index contributed by atoms with van der Waals surface area (Å²) >= 11 is 0. The minimum atomic E-state index is -0.771. The maximum atomic E-state index is 12.3. The summed E-state index contributed by atoms with van der Waals surface area (Å²) in [7, 11) is 0. The molecule has 21 heavy (non-hydrogen) atoms. The summed E-state index contributed by atoms with van der Waals surface area (Å²) in [6.07, 6.45) is 5.05. The number of ether oxygens (including phenoxy) is 1. The Kier molecular flexibility index (Phi) is 2.36. The van der Waals surface area contributed by atoms with Crippen molar-refractivity contribution in [3.8, 4) is 0 Å². The molecule has 3 saturated heterocycles. The van der Waals surface area contributed by atoms with Crippen LogP contribution < -0.4 is 5.32 Å².